The van der Waals surface area contributed by atoms with Crippen molar-refractivity contribution < 1.29 is 18.5 Å². The summed E-state index contributed by atoms with van der Waals surface area (Å²) < 4.78 is 33.4. The van der Waals surface area contributed by atoms with E-state index >= 15 is 0 Å². The highest BCUT2D eigenvalue weighted by atomic mass is 32.2. The van der Waals surface area contributed by atoms with Crippen molar-refractivity contribution >= 4 is 28.0 Å². The molecule has 4 aromatic rings. The maximum absolute atomic E-state index is 14.3. The van der Waals surface area contributed by atoms with Crippen LogP contribution in [0.15, 0.2) is 53.8 Å². The molecule has 1 unspecified atom stereocenters. The van der Waals surface area contributed by atoms with Gasteiger partial charge in [-0.2, -0.15) is 9.94 Å². The monoisotopic (exact) mass is 490 g/mol. The topological polar surface area (TPSA) is 120 Å². The van der Waals surface area contributed by atoms with Crippen LogP contribution in [0.3, 0.4) is 0 Å². The Bertz CT molecular complexity index is 1460. The van der Waals surface area contributed by atoms with Gasteiger partial charge in [-0.3, -0.25) is 4.79 Å². The summed E-state index contributed by atoms with van der Waals surface area (Å²) >= 11 is -1.40. The van der Waals surface area contributed by atoms with E-state index in [2.05, 4.69) is 15.1 Å². The van der Waals surface area contributed by atoms with E-state index < -0.39 is 17.0 Å². The van der Waals surface area contributed by atoms with E-state index in [-0.39, 0.29) is 17.4 Å². The Morgan fingerprint density at radius 1 is 1.17 bits per heavy atom. The number of halogens is 1. The first-order valence-electron chi connectivity index (χ1n) is 10.7. The highest BCUT2D eigenvalue weighted by Gasteiger charge is 2.24. The van der Waals surface area contributed by atoms with E-state index in [0.717, 1.165) is 0 Å². The number of hydrogen-bond acceptors (Lipinski definition) is 7. The van der Waals surface area contributed by atoms with Gasteiger partial charge in [0.05, 0.1) is 35.7 Å². The van der Waals surface area contributed by atoms with Crippen molar-refractivity contribution in [3.63, 3.8) is 0 Å². The molecule has 0 bridgehead atoms. The Morgan fingerprint density at radius 3 is 2.60 bits per heavy atom. The summed E-state index contributed by atoms with van der Waals surface area (Å²) in [5.41, 5.74) is 1.90. The molecule has 0 N–H and O–H groups in total. The molecule has 11 heteroatoms. The normalized spacial score (nSPS) is 14.6. The molecular weight excluding hydrogens is 471 g/mol. The van der Waals surface area contributed by atoms with Gasteiger partial charge in [0.15, 0.2) is 0 Å². The maximum Gasteiger partial charge on any atom is 0.271 e. The first-order chi connectivity index (χ1) is 17.0. The second kappa shape index (κ2) is 9.42. The summed E-state index contributed by atoms with van der Waals surface area (Å²) in [5, 5.41) is 14.5. The third-order valence-electron chi connectivity index (χ3n) is 5.70. The van der Waals surface area contributed by atoms with E-state index in [1.54, 1.807) is 23.1 Å². The van der Waals surface area contributed by atoms with Gasteiger partial charge in [0.2, 0.25) is 0 Å². The molecule has 1 aliphatic heterocycles. The van der Waals surface area contributed by atoms with Crippen LogP contribution in [0.1, 0.15) is 15.9 Å². The minimum atomic E-state index is -1.40. The molecule has 0 spiro atoms. The number of carbonyl (C=O) groups excluding carboxylic acids is 1. The van der Waals surface area contributed by atoms with Crippen LogP contribution >= 0.6 is 0 Å². The lowest BCUT2D eigenvalue weighted by Gasteiger charge is -2.26. The van der Waals surface area contributed by atoms with Crippen molar-refractivity contribution in [2.24, 2.45) is 0 Å². The fourth-order valence-electron chi connectivity index (χ4n) is 3.92. The molecule has 2 aromatic heterocycles. The largest absolute Gasteiger partial charge is 0.610 e. The summed E-state index contributed by atoms with van der Waals surface area (Å²) in [6.45, 7) is 1.99. The average Bonchev–Trinajstić information content (AvgIpc) is 3.28. The third-order valence-corrected chi connectivity index (χ3v) is 6.54. The molecular formula is C24H19FN6O3S. The molecule has 176 valence electrons. The van der Waals surface area contributed by atoms with Crippen LogP contribution in [0.4, 0.5) is 4.39 Å². The first-order valence-corrected chi connectivity index (χ1v) is 12.3. The highest BCUT2D eigenvalue weighted by Crippen LogP contribution is 2.27. The van der Waals surface area contributed by atoms with Gasteiger partial charge < -0.3 is 14.2 Å². The first kappa shape index (κ1) is 22.9. The van der Waals surface area contributed by atoms with Crippen molar-refractivity contribution in [1.29, 1.82) is 5.26 Å². The molecule has 1 atom stereocenters. The molecule has 0 radical (unpaired) electrons. The van der Waals surface area contributed by atoms with Crippen LogP contribution in [-0.2, 0) is 15.9 Å². The van der Waals surface area contributed by atoms with Crippen molar-refractivity contribution in [2.45, 2.75) is 5.03 Å². The van der Waals surface area contributed by atoms with Crippen LogP contribution in [0.5, 0.6) is 0 Å². The predicted molar refractivity (Wildman–Crippen MR) is 126 cm³/mol. The van der Waals surface area contributed by atoms with Crippen molar-refractivity contribution in [3.8, 4) is 23.1 Å². The second-order valence-corrected chi connectivity index (χ2v) is 9.18. The van der Waals surface area contributed by atoms with Gasteiger partial charge in [-0.15, -0.1) is 5.10 Å². The Kier molecular flexibility index (Phi) is 6.17. The zero-order valence-corrected chi connectivity index (χ0v) is 19.5. The number of ether oxygens (including phenoxy) is 1. The summed E-state index contributed by atoms with van der Waals surface area (Å²) in [7, 11) is 0. The molecule has 1 saturated heterocycles. The molecule has 35 heavy (non-hydrogen) atoms. The quantitative estimate of drug-likeness (QED) is 0.403. The van der Waals surface area contributed by atoms with Gasteiger partial charge >= 0.3 is 0 Å². The molecule has 0 saturated carbocycles. The van der Waals surface area contributed by atoms with E-state index in [1.807, 2.05) is 6.07 Å². The van der Waals surface area contributed by atoms with Gasteiger partial charge in [-0.05, 0) is 36.4 Å². The number of morpholine rings is 1. The van der Waals surface area contributed by atoms with Gasteiger partial charge in [-0.25, -0.2) is 14.4 Å². The smallest absolute Gasteiger partial charge is 0.271 e. The Balaban J connectivity index is 1.56. The zero-order valence-electron chi connectivity index (χ0n) is 18.6. The minimum absolute atomic E-state index is 0.133. The molecule has 9 nitrogen and oxygen atoms in total. The van der Waals surface area contributed by atoms with Crippen LogP contribution in [0.25, 0.3) is 28.0 Å². The second-order valence-electron chi connectivity index (χ2n) is 7.89. The number of amides is 1. The molecule has 0 aliphatic carbocycles. The van der Waals surface area contributed by atoms with Crippen molar-refractivity contribution in [2.75, 3.05) is 32.6 Å². The Hall–Kier alpha value is -3.85. The third kappa shape index (κ3) is 4.35. The molecule has 1 amide bonds. The lowest BCUT2D eigenvalue weighted by molar-refractivity contribution is 0.0303. The predicted octanol–water partition coefficient (Wildman–Crippen LogP) is 2.70. The fraction of sp³-hybridized carbons (Fsp3) is 0.208. The molecule has 3 heterocycles. The lowest BCUT2D eigenvalue weighted by atomic mass is 10.1. The number of hydrogen-bond donors (Lipinski definition) is 0. The number of carbonyl (C=O) groups is 1. The summed E-state index contributed by atoms with van der Waals surface area (Å²) in [6.07, 6.45) is 4.38. The molecule has 2 aromatic carbocycles. The standard InChI is InChI=1S/C24H19FN6O3S/c1-35(33)22-18-4-3-16(23(32)30-6-8-34-9-7-30)11-21(18)31(29-22)24-27-13-17(14-28-24)19-10-15(12-26)2-5-20(19)25/h2-5,10-11,13-14H,6-9H2,1H3. The molecule has 1 aliphatic rings. The number of benzene rings is 2. The van der Waals surface area contributed by atoms with Gasteiger partial charge in [0.1, 0.15) is 12.1 Å². The van der Waals surface area contributed by atoms with Crippen molar-refractivity contribution in [3.05, 3.63) is 65.7 Å². The Labute approximate surface area is 203 Å². The number of fused-ring (bicyclic) bond motifs is 1. The van der Waals surface area contributed by atoms with Crippen LogP contribution in [0, 0.1) is 17.1 Å². The van der Waals surface area contributed by atoms with Crippen LogP contribution in [0.2, 0.25) is 0 Å². The van der Waals surface area contributed by atoms with Gasteiger partial charge in [0.25, 0.3) is 16.9 Å². The molecule has 5 rings (SSSR count). The average molecular weight is 491 g/mol. The number of nitriles is 1. The Morgan fingerprint density at radius 2 is 1.91 bits per heavy atom. The zero-order chi connectivity index (χ0) is 24.5. The van der Waals surface area contributed by atoms with E-state index in [4.69, 9.17) is 10.00 Å². The number of aromatic nitrogens is 4. The van der Waals surface area contributed by atoms with Crippen LogP contribution < -0.4 is 0 Å². The van der Waals surface area contributed by atoms with Crippen molar-refractivity contribution in [1.82, 2.24) is 24.6 Å². The number of nitrogens with zero attached hydrogens (tertiary/aromatic N) is 6. The van der Waals surface area contributed by atoms with E-state index in [0.29, 0.717) is 58.9 Å². The van der Waals surface area contributed by atoms with Crippen LogP contribution in [-0.4, -0.2) is 67.7 Å². The fourth-order valence-corrected chi connectivity index (χ4v) is 4.60. The van der Waals surface area contributed by atoms with E-state index in [1.165, 1.54) is 41.5 Å². The minimum Gasteiger partial charge on any atom is -0.610 e. The summed E-state index contributed by atoms with van der Waals surface area (Å²) in [6, 6.07) is 11.1. The van der Waals surface area contributed by atoms with Gasteiger partial charge in [0, 0.05) is 53.3 Å². The highest BCUT2D eigenvalue weighted by molar-refractivity contribution is 7.90. The summed E-state index contributed by atoms with van der Waals surface area (Å²) in [5.74, 6) is -0.464. The SMILES string of the molecule is C[S+]([O-])c1nn(-c2ncc(-c3cc(C#N)ccc3F)cn2)c2cc(C(=O)N3CCOCC3)ccc12. The lowest BCUT2D eigenvalue weighted by Crippen LogP contribution is -2.40. The summed E-state index contributed by atoms with van der Waals surface area (Å²) in [4.78, 5) is 23.4. The molecule has 1 fully saturated rings. The van der Waals surface area contributed by atoms with Gasteiger partial charge in [-0.1, -0.05) is 0 Å². The number of rotatable bonds is 4. The maximum atomic E-state index is 14.3. The van der Waals surface area contributed by atoms with E-state index in [9.17, 15) is 13.7 Å².